The highest BCUT2D eigenvalue weighted by Crippen LogP contribution is 2.22. The van der Waals surface area contributed by atoms with E-state index in [1.54, 1.807) is 0 Å². The van der Waals surface area contributed by atoms with Crippen molar-refractivity contribution in [2.45, 2.75) is 44.6 Å². The number of carbonyl (C=O) groups is 1. The standard InChI is InChI=1S/C24H27F3N4O3/c25-19-4-3-5-20(26)18(19)15-31-10-9-17(14-31)29-24-21(27)12-16(13-28-24)7-8-22(32)30-34-23-6-1-2-11-33-23/h3-5,7-8,12-13,17,23H,1-2,6,9-11,14-15H2,(H,28,29)(H,30,32)/b8-7+/t17-,23?/m1/s1. The summed E-state index contributed by atoms with van der Waals surface area (Å²) in [6.07, 6.45) is 7.00. The van der Waals surface area contributed by atoms with Gasteiger partial charge in [-0.3, -0.25) is 9.69 Å². The van der Waals surface area contributed by atoms with Crippen LogP contribution in [0.1, 0.15) is 36.8 Å². The lowest BCUT2D eigenvalue weighted by molar-refractivity contribution is -0.198. The Hall–Kier alpha value is -2.95. The van der Waals surface area contributed by atoms with E-state index in [9.17, 15) is 18.0 Å². The summed E-state index contributed by atoms with van der Waals surface area (Å²) in [5, 5.41) is 3.05. The van der Waals surface area contributed by atoms with Gasteiger partial charge < -0.3 is 10.1 Å². The van der Waals surface area contributed by atoms with Crippen LogP contribution < -0.4 is 10.8 Å². The number of hydrogen-bond donors (Lipinski definition) is 2. The zero-order valence-corrected chi connectivity index (χ0v) is 18.6. The lowest BCUT2D eigenvalue weighted by Gasteiger charge is -2.21. The van der Waals surface area contributed by atoms with Gasteiger partial charge in [0.1, 0.15) is 11.6 Å². The van der Waals surface area contributed by atoms with E-state index in [0.29, 0.717) is 38.1 Å². The molecule has 2 N–H and O–H groups in total. The average Bonchev–Trinajstić information content (AvgIpc) is 3.28. The Morgan fingerprint density at radius 3 is 2.76 bits per heavy atom. The van der Waals surface area contributed by atoms with Crippen molar-refractivity contribution in [1.29, 1.82) is 0 Å². The number of carbonyl (C=O) groups excluding carboxylic acids is 1. The third-order valence-electron chi connectivity index (χ3n) is 5.77. The topological polar surface area (TPSA) is 75.7 Å². The Morgan fingerprint density at radius 1 is 1.21 bits per heavy atom. The molecule has 1 aromatic carbocycles. The first-order valence-electron chi connectivity index (χ1n) is 11.3. The van der Waals surface area contributed by atoms with Gasteiger partial charge in [-0.05, 0) is 49.1 Å². The predicted molar refractivity (Wildman–Crippen MR) is 120 cm³/mol. The molecule has 2 aliphatic heterocycles. The van der Waals surface area contributed by atoms with E-state index in [2.05, 4.69) is 15.8 Å². The van der Waals surface area contributed by atoms with Crippen LogP contribution in [0.5, 0.6) is 0 Å². The second-order valence-electron chi connectivity index (χ2n) is 8.38. The van der Waals surface area contributed by atoms with Crippen molar-refractivity contribution in [3.63, 3.8) is 0 Å². The molecule has 1 aromatic heterocycles. The molecule has 1 amide bonds. The molecule has 34 heavy (non-hydrogen) atoms. The number of pyridine rings is 1. The Kier molecular flexibility index (Phi) is 8.15. The minimum atomic E-state index is -0.574. The summed E-state index contributed by atoms with van der Waals surface area (Å²) in [7, 11) is 0. The highest BCUT2D eigenvalue weighted by molar-refractivity contribution is 5.90. The van der Waals surface area contributed by atoms with E-state index in [0.717, 1.165) is 12.8 Å². The molecule has 2 saturated heterocycles. The van der Waals surface area contributed by atoms with E-state index in [-0.39, 0.29) is 24.0 Å². The van der Waals surface area contributed by atoms with Gasteiger partial charge in [0, 0.05) is 56.5 Å². The molecular formula is C24H27F3N4O3. The first-order valence-corrected chi connectivity index (χ1v) is 11.3. The molecule has 0 saturated carbocycles. The van der Waals surface area contributed by atoms with Crippen molar-refractivity contribution in [2.24, 2.45) is 0 Å². The fourth-order valence-corrected chi connectivity index (χ4v) is 3.98. The van der Waals surface area contributed by atoms with Crippen molar-refractivity contribution in [2.75, 3.05) is 25.0 Å². The molecule has 0 aliphatic carbocycles. The van der Waals surface area contributed by atoms with E-state index in [4.69, 9.17) is 9.57 Å². The maximum Gasteiger partial charge on any atom is 0.267 e. The third-order valence-corrected chi connectivity index (χ3v) is 5.77. The van der Waals surface area contributed by atoms with E-state index in [1.807, 2.05) is 4.90 Å². The number of nitrogens with zero attached hydrogens (tertiary/aromatic N) is 2. The van der Waals surface area contributed by atoms with Gasteiger partial charge in [0.2, 0.25) is 0 Å². The van der Waals surface area contributed by atoms with Crippen molar-refractivity contribution >= 4 is 17.8 Å². The first-order chi connectivity index (χ1) is 16.5. The van der Waals surface area contributed by atoms with Gasteiger partial charge in [-0.25, -0.2) is 28.5 Å². The summed E-state index contributed by atoms with van der Waals surface area (Å²) in [5.74, 6) is -2.11. The molecule has 2 aliphatic rings. The predicted octanol–water partition coefficient (Wildman–Crippen LogP) is 3.77. The molecular weight excluding hydrogens is 449 g/mol. The van der Waals surface area contributed by atoms with Gasteiger partial charge in [-0.15, -0.1) is 0 Å². The summed E-state index contributed by atoms with van der Waals surface area (Å²) in [6.45, 7) is 1.87. The number of anilines is 1. The lowest BCUT2D eigenvalue weighted by atomic mass is 10.2. The van der Waals surface area contributed by atoms with Crippen LogP contribution in [0, 0.1) is 17.5 Å². The van der Waals surface area contributed by atoms with Gasteiger partial charge >= 0.3 is 0 Å². The Balaban J connectivity index is 1.26. The Bertz CT molecular complexity index is 1010. The second kappa shape index (κ2) is 11.5. The van der Waals surface area contributed by atoms with E-state index in [1.165, 1.54) is 42.6 Å². The molecule has 0 spiro atoms. The van der Waals surface area contributed by atoms with Crippen LogP contribution in [-0.2, 0) is 20.9 Å². The Morgan fingerprint density at radius 2 is 2.03 bits per heavy atom. The van der Waals surface area contributed by atoms with Gasteiger partial charge in [0.05, 0.1) is 0 Å². The van der Waals surface area contributed by atoms with Crippen LogP contribution in [0.15, 0.2) is 36.5 Å². The van der Waals surface area contributed by atoms with Gasteiger partial charge in [-0.2, -0.15) is 0 Å². The minimum Gasteiger partial charge on any atom is -0.364 e. The SMILES string of the molecule is O=C(/C=C/c1cnc(N[C@@H]2CCN(Cc3c(F)cccc3F)C2)c(F)c1)NOC1CCCCO1. The zero-order valence-electron chi connectivity index (χ0n) is 18.6. The summed E-state index contributed by atoms with van der Waals surface area (Å²) in [6, 6.07) is 4.97. The summed E-state index contributed by atoms with van der Waals surface area (Å²) in [5.41, 5.74) is 2.74. The van der Waals surface area contributed by atoms with Gasteiger partial charge in [-0.1, -0.05) is 6.07 Å². The Labute approximate surface area is 195 Å². The molecule has 0 radical (unpaired) electrons. The quantitative estimate of drug-likeness (QED) is 0.446. The third kappa shape index (κ3) is 6.55. The number of rotatable bonds is 8. The fraction of sp³-hybridized carbons (Fsp3) is 0.417. The smallest absolute Gasteiger partial charge is 0.267 e. The van der Waals surface area contributed by atoms with Gasteiger partial charge in [0.25, 0.3) is 5.91 Å². The molecule has 10 heteroatoms. The van der Waals surface area contributed by atoms with Crippen LogP contribution in [-0.4, -0.2) is 47.8 Å². The van der Waals surface area contributed by atoms with Crippen LogP contribution in [0.3, 0.4) is 0 Å². The molecule has 2 fully saturated rings. The molecule has 4 rings (SSSR count). The monoisotopic (exact) mass is 476 g/mol. The average molecular weight is 476 g/mol. The number of nitrogens with one attached hydrogen (secondary N) is 2. The number of amides is 1. The summed E-state index contributed by atoms with van der Waals surface area (Å²) in [4.78, 5) is 23.1. The second-order valence-corrected chi connectivity index (χ2v) is 8.38. The highest BCUT2D eigenvalue weighted by Gasteiger charge is 2.25. The normalized spacial score (nSPS) is 21.1. The molecule has 3 heterocycles. The maximum atomic E-state index is 14.6. The van der Waals surface area contributed by atoms with Crippen LogP contribution >= 0.6 is 0 Å². The van der Waals surface area contributed by atoms with E-state index >= 15 is 0 Å². The number of ether oxygens (including phenoxy) is 1. The summed E-state index contributed by atoms with van der Waals surface area (Å²) < 4.78 is 47.7. The number of hydrogen-bond acceptors (Lipinski definition) is 6. The first kappa shape index (κ1) is 24.2. The molecule has 2 atom stereocenters. The lowest BCUT2D eigenvalue weighted by Crippen LogP contribution is -2.32. The van der Waals surface area contributed by atoms with Crippen LogP contribution in [0.25, 0.3) is 6.08 Å². The van der Waals surface area contributed by atoms with Crippen LogP contribution in [0.2, 0.25) is 0 Å². The number of halogens is 3. The van der Waals surface area contributed by atoms with Crippen molar-refractivity contribution in [1.82, 2.24) is 15.4 Å². The van der Waals surface area contributed by atoms with Crippen molar-refractivity contribution in [3.8, 4) is 0 Å². The number of hydroxylamine groups is 1. The molecule has 1 unspecified atom stereocenters. The molecule has 2 aromatic rings. The fourth-order valence-electron chi connectivity index (χ4n) is 3.98. The maximum absolute atomic E-state index is 14.6. The summed E-state index contributed by atoms with van der Waals surface area (Å²) >= 11 is 0. The largest absolute Gasteiger partial charge is 0.364 e. The minimum absolute atomic E-state index is 0.0318. The van der Waals surface area contributed by atoms with E-state index < -0.39 is 29.6 Å². The molecule has 7 nitrogen and oxygen atoms in total. The van der Waals surface area contributed by atoms with Crippen molar-refractivity contribution < 1.29 is 27.5 Å². The molecule has 182 valence electrons. The molecule has 0 bridgehead atoms. The van der Waals surface area contributed by atoms with Crippen LogP contribution in [0.4, 0.5) is 19.0 Å². The number of aromatic nitrogens is 1. The highest BCUT2D eigenvalue weighted by atomic mass is 19.1. The number of benzene rings is 1. The zero-order chi connectivity index (χ0) is 23.9. The number of likely N-dealkylation sites (tertiary alicyclic amines) is 1. The van der Waals surface area contributed by atoms with Gasteiger partial charge in [0.15, 0.2) is 17.9 Å². The van der Waals surface area contributed by atoms with Crippen molar-refractivity contribution in [3.05, 3.63) is 65.1 Å².